The zero-order valence-corrected chi connectivity index (χ0v) is 13.6. The highest BCUT2D eigenvalue weighted by Gasteiger charge is 2.19. The third-order valence-corrected chi connectivity index (χ3v) is 4.22. The van der Waals surface area contributed by atoms with Crippen LogP contribution in [0.3, 0.4) is 0 Å². The van der Waals surface area contributed by atoms with Crippen molar-refractivity contribution in [3.63, 3.8) is 0 Å². The standard InChI is InChI=1S/C13H15N5O6S/c19-5-4-14-12(20)7-17-8-13(15-9-17)25(23,24)16-10-2-1-3-11(6-10)18(21)22/h1-3,6,8-9,16,19H,4-5,7H2,(H,14,20). The average molecular weight is 369 g/mol. The Morgan fingerprint density at radius 3 is 2.84 bits per heavy atom. The molecule has 1 aromatic heterocycles. The normalized spacial score (nSPS) is 11.1. The molecule has 0 fully saturated rings. The zero-order chi connectivity index (χ0) is 18.4. The molecule has 0 aliphatic heterocycles. The van der Waals surface area contributed by atoms with Gasteiger partial charge in [0.2, 0.25) is 5.91 Å². The molecular weight excluding hydrogens is 354 g/mol. The average Bonchev–Trinajstić information content (AvgIpc) is 3.02. The molecular formula is C13H15N5O6S. The molecule has 134 valence electrons. The number of aliphatic hydroxyl groups excluding tert-OH is 1. The smallest absolute Gasteiger partial charge is 0.280 e. The van der Waals surface area contributed by atoms with Gasteiger partial charge in [-0.3, -0.25) is 19.6 Å². The van der Waals surface area contributed by atoms with Crippen LogP contribution in [0.5, 0.6) is 0 Å². The molecule has 0 atom stereocenters. The molecule has 0 bridgehead atoms. The third kappa shape index (κ3) is 4.99. The van der Waals surface area contributed by atoms with Gasteiger partial charge in [0.1, 0.15) is 6.54 Å². The van der Waals surface area contributed by atoms with Crippen LogP contribution in [0, 0.1) is 10.1 Å². The Labute approximate surface area is 142 Å². The van der Waals surface area contributed by atoms with Crippen LogP contribution in [0.15, 0.2) is 41.8 Å². The van der Waals surface area contributed by atoms with Crippen molar-refractivity contribution in [3.05, 3.63) is 46.9 Å². The van der Waals surface area contributed by atoms with Crippen molar-refractivity contribution in [2.75, 3.05) is 17.9 Å². The molecule has 1 amide bonds. The lowest BCUT2D eigenvalue weighted by Crippen LogP contribution is -2.29. The Morgan fingerprint density at radius 1 is 1.40 bits per heavy atom. The van der Waals surface area contributed by atoms with Crippen LogP contribution >= 0.6 is 0 Å². The first-order valence-electron chi connectivity index (χ1n) is 6.98. The Hall–Kier alpha value is -2.99. The number of nitrogens with one attached hydrogen (secondary N) is 2. The number of aliphatic hydroxyl groups is 1. The molecule has 1 heterocycles. The first-order valence-corrected chi connectivity index (χ1v) is 8.47. The lowest BCUT2D eigenvalue weighted by atomic mass is 10.3. The summed E-state index contributed by atoms with van der Waals surface area (Å²) < 4.78 is 28.0. The second kappa shape index (κ2) is 7.72. The highest BCUT2D eigenvalue weighted by atomic mass is 32.2. The molecule has 2 aromatic rings. The summed E-state index contributed by atoms with van der Waals surface area (Å²) >= 11 is 0. The largest absolute Gasteiger partial charge is 0.395 e. The lowest BCUT2D eigenvalue weighted by Gasteiger charge is -2.05. The maximum Gasteiger partial charge on any atom is 0.280 e. The van der Waals surface area contributed by atoms with E-state index in [0.717, 1.165) is 12.3 Å². The first-order chi connectivity index (χ1) is 11.8. The van der Waals surface area contributed by atoms with Crippen molar-refractivity contribution in [1.82, 2.24) is 14.9 Å². The van der Waals surface area contributed by atoms with Gasteiger partial charge in [0.15, 0.2) is 5.03 Å². The van der Waals surface area contributed by atoms with E-state index in [4.69, 9.17) is 5.11 Å². The van der Waals surface area contributed by atoms with Crippen LogP contribution in [-0.2, 0) is 21.4 Å². The van der Waals surface area contributed by atoms with Gasteiger partial charge in [0.05, 0.1) is 23.5 Å². The quantitative estimate of drug-likeness (QED) is 0.426. The van der Waals surface area contributed by atoms with Gasteiger partial charge in [-0.25, -0.2) is 4.98 Å². The van der Waals surface area contributed by atoms with E-state index in [1.54, 1.807) is 0 Å². The van der Waals surface area contributed by atoms with E-state index in [1.165, 1.54) is 29.1 Å². The van der Waals surface area contributed by atoms with Gasteiger partial charge >= 0.3 is 0 Å². The molecule has 12 heteroatoms. The SMILES string of the molecule is O=C(Cn1cnc(S(=O)(=O)Nc2cccc([N+](=O)[O-])c2)c1)NCCO. The predicted octanol–water partition coefficient (Wildman–Crippen LogP) is -0.299. The van der Waals surface area contributed by atoms with E-state index in [-0.39, 0.29) is 36.1 Å². The molecule has 0 aliphatic carbocycles. The summed E-state index contributed by atoms with van der Waals surface area (Å²) in [6, 6.07) is 5.03. The Bertz CT molecular complexity index is 879. The van der Waals surface area contributed by atoms with E-state index in [2.05, 4.69) is 15.0 Å². The summed E-state index contributed by atoms with van der Waals surface area (Å²) in [7, 11) is -4.06. The zero-order valence-electron chi connectivity index (χ0n) is 12.8. The number of nitro groups is 1. The number of carbonyl (C=O) groups excluding carboxylic acids is 1. The van der Waals surface area contributed by atoms with Crippen LogP contribution in [-0.4, -0.2) is 47.1 Å². The molecule has 0 aliphatic rings. The molecule has 0 radical (unpaired) electrons. The van der Waals surface area contributed by atoms with E-state index in [1.807, 2.05) is 0 Å². The molecule has 2 rings (SSSR count). The number of amides is 1. The van der Waals surface area contributed by atoms with Crippen molar-refractivity contribution in [1.29, 1.82) is 0 Å². The number of rotatable bonds is 8. The van der Waals surface area contributed by atoms with Crippen LogP contribution in [0.1, 0.15) is 0 Å². The van der Waals surface area contributed by atoms with Crippen LogP contribution in [0.4, 0.5) is 11.4 Å². The lowest BCUT2D eigenvalue weighted by molar-refractivity contribution is -0.384. The molecule has 25 heavy (non-hydrogen) atoms. The number of hydrogen-bond donors (Lipinski definition) is 3. The van der Waals surface area contributed by atoms with Crippen molar-refractivity contribution >= 4 is 27.3 Å². The van der Waals surface area contributed by atoms with Crippen molar-refractivity contribution < 1.29 is 23.2 Å². The van der Waals surface area contributed by atoms with Crippen molar-refractivity contribution in [3.8, 4) is 0 Å². The highest BCUT2D eigenvalue weighted by Crippen LogP contribution is 2.20. The number of aromatic nitrogens is 2. The van der Waals surface area contributed by atoms with Gasteiger partial charge < -0.3 is 15.0 Å². The number of imidazole rings is 1. The number of nitro benzene ring substituents is 1. The summed E-state index contributed by atoms with van der Waals surface area (Å²) in [6.07, 6.45) is 2.32. The molecule has 3 N–H and O–H groups in total. The molecule has 0 unspecified atom stereocenters. The maximum absolute atomic E-state index is 12.3. The number of hydrogen-bond acceptors (Lipinski definition) is 7. The van der Waals surface area contributed by atoms with Crippen molar-refractivity contribution in [2.24, 2.45) is 0 Å². The summed E-state index contributed by atoms with van der Waals surface area (Å²) in [5.41, 5.74) is -0.240. The van der Waals surface area contributed by atoms with Crippen LogP contribution < -0.4 is 10.0 Å². The van der Waals surface area contributed by atoms with Gasteiger partial charge in [-0.15, -0.1) is 0 Å². The molecule has 0 saturated carbocycles. The van der Waals surface area contributed by atoms with Gasteiger partial charge in [0, 0.05) is 24.9 Å². The molecule has 1 aromatic carbocycles. The van der Waals surface area contributed by atoms with Gasteiger partial charge in [-0.1, -0.05) is 6.07 Å². The summed E-state index contributed by atoms with van der Waals surface area (Å²) in [4.78, 5) is 25.3. The minimum absolute atomic E-state index is 0.0180. The third-order valence-electron chi connectivity index (χ3n) is 2.95. The predicted molar refractivity (Wildman–Crippen MR) is 86.2 cm³/mol. The van der Waals surface area contributed by atoms with Gasteiger partial charge in [0.25, 0.3) is 15.7 Å². The second-order valence-electron chi connectivity index (χ2n) is 4.87. The number of anilines is 1. The topological polar surface area (TPSA) is 156 Å². The number of nitrogens with zero attached hydrogens (tertiary/aromatic N) is 3. The molecule has 0 spiro atoms. The number of sulfonamides is 1. The fourth-order valence-electron chi connectivity index (χ4n) is 1.87. The van der Waals surface area contributed by atoms with E-state index in [9.17, 15) is 23.3 Å². The Balaban J connectivity index is 2.11. The number of non-ortho nitro benzene ring substituents is 1. The maximum atomic E-state index is 12.3. The Morgan fingerprint density at radius 2 is 2.16 bits per heavy atom. The molecule has 0 saturated heterocycles. The van der Waals surface area contributed by atoms with E-state index < -0.39 is 20.9 Å². The summed E-state index contributed by atoms with van der Waals surface area (Å²) in [5.74, 6) is -0.415. The summed E-state index contributed by atoms with van der Waals surface area (Å²) in [6.45, 7) is -0.283. The van der Waals surface area contributed by atoms with Crippen LogP contribution in [0.2, 0.25) is 0 Å². The molecule has 11 nitrogen and oxygen atoms in total. The minimum Gasteiger partial charge on any atom is -0.395 e. The Kier molecular flexibility index (Phi) is 5.67. The van der Waals surface area contributed by atoms with Crippen molar-refractivity contribution in [2.45, 2.75) is 11.6 Å². The number of carbonyl (C=O) groups is 1. The first kappa shape index (κ1) is 18.4. The minimum atomic E-state index is -4.06. The van der Waals surface area contributed by atoms with Crippen LogP contribution in [0.25, 0.3) is 0 Å². The van der Waals surface area contributed by atoms with Gasteiger partial charge in [-0.2, -0.15) is 8.42 Å². The monoisotopic (exact) mass is 369 g/mol. The number of benzene rings is 1. The fraction of sp³-hybridized carbons (Fsp3) is 0.231. The second-order valence-corrected chi connectivity index (χ2v) is 6.50. The van der Waals surface area contributed by atoms with E-state index in [0.29, 0.717) is 0 Å². The van der Waals surface area contributed by atoms with E-state index >= 15 is 0 Å². The summed E-state index contributed by atoms with van der Waals surface area (Å²) in [5, 5.41) is 21.4. The fourth-order valence-corrected chi connectivity index (χ4v) is 2.87. The van der Waals surface area contributed by atoms with Gasteiger partial charge in [-0.05, 0) is 6.07 Å². The highest BCUT2D eigenvalue weighted by molar-refractivity contribution is 7.92.